The molecule has 0 radical (unpaired) electrons. The Hall–Kier alpha value is -3.42. The van der Waals surface area contributed by atoms with E-state index >= 15 is 0 Å². The molecule has 0 N–H and O–H groups in total. The van der Waals surface area contributed by atoms with Gasteiger partial charge < -0.3 is 14.5 Å². The molecule has 0 saturated carbocycles. The molecule has 3 heterocycles. The average molecular weight is 463 g/mol. The zero-order valence-corrected chi connectivity index (χ0v) is 20.6. The Labute approximate surface area is 201 Å². The summed E-state index contributed by atoms with van der Waals surface area (Å²) in [6.45, 7) is 11.5. The maximum atomic E-state index is 13.0. The summed E-state index contributed by atoms with van der Waals surface area (Å²) in [6.07, 6.45) is 3.39. The molecule has 8 heteroatoms. The first kappa shape index (κ1) is 23.7. The first-order valence-electron chi connectivity index (χ1n) is 12.1. The molecule has 2 aromatic heterocycles. The van der Waals surface area contributed by atoms with Crippen molar-refractivity contribution in [3.05, 3.63) is 59.2 Å². The van der Waals surface area contributed by atoms with Crippen molar-refractivity contribution in [2.45, 2.75) is 47.0 Å². The van der Waals surface area contributed by atoms with E-state index in [0.29, 0.717) is 31.1 Å². The lowest BCUT2D eigenvalue weighted by Crippen LogP contribution is -2.49. The Morgan fingerprint density at radius 1 is 0.941 bits per heavy atom. The minimum atomic E-state index is 0.0550. The monoisotopic (exact) mass is 462 g/mol. The van der Waals surface area contributed by atoms with Crippen LogP contribution >= 0.6 is 0 Å². The van der Waals surface area contributed by atoms with Crippen molar-refractivity contribution in [3.8, 4) is 11.6 Å². The minimum absolute atomic E-state index is 0.0550. The molecule has 0 unspecified atom stereocenters. The number of aryl methyl sites for hydroxylation is 3. The van der Waals surface area contributed by atoms with Crippen molar-refractivity contribution >= 4 is 11.7 Å². The fraction of sp³-hybridized carbons (Fsp3) is 0.462. The molecule has 180 valence electrons. The highest BCUT2D eigenvalue weighted by Crippen LogP contribution is 2.20. The predicted molar refractivity (Wildman–Crippen MR) is 133 cm³/mol. The molecule has 1 fully saturated rings. The predicted octanol–water partition coefficient (Wildman–Crippen LogP) is 4.12. The van der Waals surface area contributed by atoms with E-state index in [-0.39, 0.29) is 5.91 Å². The van der Waals surface area contributed by atoms with E-state index in [1.807, 2.05) is 66.8 Å². The molecule has 0 aliphatic carbocycles. The fourth-order valence-corrected chi connectivity index (χ4v) is 4.22. The standard InChI is InChI=1S/C26H34N6O2/c1-5-6-7-16-34-23-10-8-22(9-11-23)26(33)31-14-12-30(13-15-31)24-18-25(28-21(4)27-24)32-20(3)17-19(2)29-32/h8-11,17-18H,5-7,12-16H2,1-4H3. The van der Waals surface area contributed by atoms with E-state index in [1.165, 1.54) is 12.8 Å². The highest BCUT2D eigenvalue weighted by Gasteiger charge is 2.24. The zero-order chi connectivity index (χ0) is 24.1. The second-order valence-corrected chi connectivity index (χ2v) is 8.83. The number of aromatic nitrogens is 4. The van der Waals surface area contributed by atoms with Crippen molar-refractivity contribution in [3.63, 3.8) is 0 Å². The van der Waals surface area contributed by atoms with Crippen LogP contribution in [0.2, 0.25) is 0 Å². The van der Waals surface area contributed by atoms with Crippen molar-refractivity contribution in [2.75, 3.05) is 37.7 Å². The molecule has 0 spiro atoms. The number of anilines is 1. The Morgan fingerprint density at radius 3 is 2.29 bits per heavy atom. The molecule has 1 aromatic carbocycles. The summed E-state index contributed by atoms with van der Waals surface area (Å²) in [7, 11) is 0. The molecule has 8 nitrogen and oxygen atoms in total. The molecule has 34 heavy (non-hydrogen) atoms. The molecule has 0 atom stereocenters. The number of benzene rings is 1. The van der Waals surface area contributed by atoms with Crippen LogP contribution in [0.1, 0.15) is 53.8 Å². The molecule has 1 saturated heterocycles. The van der Waals surface area contributed by atoms with E-state index in [4.69, 9.17) is 4.74 Å². The van der Waals surface area contributed by atoms with Gasteiger partial charge in [0.2, 0.25) is 0 Å². The van der Waals surface area contributed by atoms with E-state index in [9.17, 15) is 4.79 Å². The number of amides is 1. The van der Waals surface area contributed by atoms with E-state index in [2.05, 4.69) is 26.9 Å². The normalized spacial score (nSPS) is 13.9. The highest BCUT2D eigenvalue weighted by atomic mass is 16.5. The summed E-state index contributed by atoms with van der Waals surface area (Å²) >= 11 is 0. The van der Waals surface area contributed by atoms with Gasteiger partial charge in [0.25, 0.3) is 5.91 Å². The number of hydrogen-bond acceptors (Lipinski definition) is 6. The molecule has 1 aliphatic heterocycles. The summed E-state index contributed by atoms with van der Waals surface area (Å²) in [6, 6.07) is 11.5. The molecular weight excluding hydrogens is 428 g/mol. The van der Waals surface area contributed by atoms with E-state index in [1.54, 1.807) is 0 Å². The Morgan fingerprint density at radius 2 is 1.65 bits per heavy atom. The van der Waals surface area contributed by atoms with Gasteiger partial charge in [-0.3, -0.25) is 4.79 Å². The first-order chi connectivity index (χ1) is 16.4. The minimum Gasteiger partial charge on any atom is -0.494 e. The van der Waals surface area contributed by atoms with Crippen molar-refractivity contribution < 1.29 is 9.53 Å². The lowest BCUT2D eigenvalue weighted by molar-refractivity contribution is 0.0746. The summed E-state index contributed by atoms with van der Waals surface area (Å²) in [5.41, 5.74) is 2.69. The second-order valence-electron chi connectivity index (χ2n) is 8.83. The average Bonchev–Trinajstić information content (AvgIpc) is 3.19. The smallest absolute Gasteiger partial charge is 0.253 e. The number of rotatable bonds is 8. The largest absolute Gasteiger partial charge is 0.494 e. The van der Waals surface area contributed by atoms with Crippen LogP contribution in [-0.2, 0) is 0 Å². The fourth-order valence-electron chi connectivity index (χ4n) is 4.22. The summed E-state index contributed by atoms with van der Waals surface area (Å²) in [4.78, 5) is 26.4. The highest BCUT2D eigenvalue weighted by molar-refractivity contribution is 5.94. The van der Waals surface area contributed by atoms with Gasteiger partial charge in [0.05, 0.1) is 12.3 Å². The van der Waals surface area contributed by atoms with Crippen LogP contribution in [0.3, 0.4) is 0 Å². The first-order valence-corrected chi connectivity index (χ1v) is 12.1. The van der Waals surface area contributed by atoms with E-state index < -0.39 is 0 Å². The van der Waals surface area contributed by atoms with Gasteiger partial charge in [-0.15, -0.1) is 0 Å². The molecule has 1 amide bonds. The number of ether oxygens (including phenoxy) is 1. The summed E-state index contributed by atoms with van der Waals surface area (Å²) < 4.78 is 7.61. The molecule has 1 aliphatic rings. The van der Waals surface area contributed by atoms with Crippen molar-refractivity contribution in [1.82, 2.24) is 24.6 Å². The molecule has 0 bridgehead atoms. The lowest BCUT2D eigenvalue weighted by atomic mass is 10.1. The van der Waals surface area contributed by atoms with Crippen LogP contribution in [-0.4, -0.2) is 63.3 Å². The van der Waals surface area contributed by atoms with Gasteiger partial charge in [-0.25, -0.2) is 14.6 Å². The van der Waals surface area contributed by atoms with Gasteiger partial charge in [0, 0.05) is 43.5 Å². The molecule has 3 aromatic rings. The third-order valence-electron chi connectivity index (χ3n) is 6.05. The number of carbonyl (C=O) groups is 1. The van der Waals surface area contributed by atoms with Gasteiger partial charge in [-0.1, -0.05) is 19.8 Å². The Bertz CT molecular complexity index is 1120. The molecular formula is C26H34N6O2. The Kier molecular flexibility index (Phi) is 7.45. The van der Waals surface area contributed by atoms with Crippen LogP contribution in [0, 0.1) is 20.8 Å². The van der Waals surface area contributed by atoms with Gasteiger partial charge in [-0.05, 0) is 57.5 Å². The number of unbranched alkanes of at least 4 members (excludes halogenated alkanes) is 2. The third kappa shape index (κ3) is 5.55. The van der Waals surface area contributed by atoms with Crippen molar-refractivity contribution in [1.29, 1.82) is 0 Å². The number of carbonyl (C=O) groups excluding carboxylic acids is 1. The quantitative estimate of drug-likeness (QED) is 0.469. The summed E-state index contributed by atoms with van der Waals surface area (Å²) in [5.74, 6) is 3.21. The van der Waals surface area contributed by atoms with Crippen molar-refractivity contribution in [2.24, 2.45) is 0 Å². The zero-order valence-electron chi connectivity index (χ0n) is 20.6. The van der Waals surface area contributed by atoms with E-state index in [0.717, 1.165) is 48.3 Å². The topological polar surface area (TPSA) is 76.4 Å². The van der Waals surface area contributed by atoms with Gasteiger partial charge >= 0.3 is 0 Å². The lowest BCUT2D eigenvalue weighted by Gasteiger charge is -2.35. The number of hydrogen-bond donors (Lipinski definition) is 0. The maximum Gasteiger partial charge on any atom is 0.253 e. The van der Waals surface area contributed by atoms with Gasteiger partial charge in [-0.2, -0.15) is 5.10 Å². The van der Waals surface area contributed by atoms with Crippen LogP contribution < -0.4 is 9.64 Å². The number of piperazine rings is 1. The Balaban J connectivity index is 1.37. The van der Waals surface area contributed by atoms with Gasteiger partial charge in [0.15, 0.2) is 5.82 Å². The second kappa shape index (κ2) is 10.7. The van der Waals surface area contributed by atoms with Crippen LogP contribution in [0.15, 0.2) is 36.4 Å². The van der Waals surface area contributed by atoms with Gasteiger partial charge in [0.1, 0.15) is 17.4 Å². The third-order valence-corrected chi connectivity index (χ3v) is 6.05. The SMILES string of the molecule is CCCCCOc1ccc(C(=O)N2CCN(c3cc(-n4nc(C)cc4C)nc(C)n3)CC2)cc1. The van der Waals surface area contributed by atoms with Crippen LogP contribution in [0.4, 0.5) is 5.82 Å². The van der Waals surface area contributed by atoms with Crippen LogP contribution in [0.5, 0.6) is 5.75 Å². The number of nitrogens with zero attached hydrogens (tertiary/aromatic N) is 6. The maximum absolute atomic E-state index is 13.0. The van der Waals surface area contributed by atoms with Crippen LogP contribution in [0.25, 0.3) is 5.82 Å². The summed E-state index contributed by atoms with van der Waals surface area (Å²) in [5, 5.41) is 4.55. The molecule has 4 rings (SSSR count).